The Balaban J connectivity index is 2.15. The molecule has 0 aliphatic carbocycles. The Morgan fingerprint density at radius 1 is 1.30 bits per heavy atom. The summed E-state index contributed by atoms with van der Waals surface area (Å²) in [5.74, 6) is -0.185. The molecule has 0 radical (unpaired) electrons. The zero-order valence-electron chi connectivity index (χ0n) is 10.8. The van der Waals surface area contributed by atoms with Gasteiger partial charge in [0.05, 0.1) is 18.4 Å². The summed E-state index contributed by atoms with van der Waals surface area (Å²) in [7, 11) is 1.43. The first-order chi connectivity index (χ1) is 9.63. The smallest absolute Gasteiger partial charge is 0.165 e. The van der Waals surface area contributed by atoms with Gasteiger partial charge in [-0.3, -0.25) is 0 Å². The van der Waals surface area contributed by atoms with Gasteiger partial charge in [0.2, 0.25) is 0 Å². The van der Waals surface area contributed by atoms with Crippen LogP contribution in [0.4, 0.5) is 10.1 Å². The van der Waals surface area contributed by atoms with E-state index < -0.39 is 5.82 Å². The van der Waals surface area contributed by atoms with Gasteiger partial charge in [0.1, 0.15) is 6.07 Å². The molecular weight excluding hydrogens is 323 g/mol. The van der Waals surface area contributed by atoms with Crippen molar-refractivity contribution < 1.29 is 9.13 Å². The van der Waals surface area contributed by atoms with Gasteiger partial charge >= 0.3 is 0 Å². The molecule has 0 fully saturated rings. The predicted molar refractivity (Wildman–Crippen MR) is 79.1 cm³/mol. The van der Waals surface area contributed by atoms with Crippen molar-refractivity contribution in [2.24, 2.45) is 0 Å². The summed E-state index contributed by atoms with van der Waals surface area (Å²) in [5.41, 5.74) is 2.02. The summed E-state index contributed by atoms with van der Waals surface area (Å²) >= 11 is 3.36. The molecule has 0 saturated heterocycles. The van der Waals surface area contributed by atoms with Crippen LogP contribution in [0.2, 0.25) is 0 Å². The summed E-state index contributed by atoms with van der Waals surface area (Å²) in [5, 5.41) is 12.2. The molecule has 0 atom stereocenters. The molecule has 0 bridgehead atoms. The van der Waals surface area contributed by atoms with Crippen LogP contribution in [0.15, 0.2) is 40.9 Å². The number of halogens is 2. The minimum Gasteiger partial charge on any atom is -0.494 e. The van der Waals surface area contributed by atoms with E-state index in [1.54, 1.807) is 24.3 Å². The summed E-state index contributed by atoms with van der Waals surface area (Å²) in [6, 6.07) is 12.2. The Labute approximate surface area is 125 Å². The van der Waals surface area contributed by atoms with Gasteiger partial charge < -0.3 is 10.1 Å². The molecule has 0 aliphatic rings. The van der Waals surface area contributed by atoms with E-state index >= 15 is 0 Å². The maximum absolute atomic E-state index is 13.6. The normalized spacial score (nSPS) is 9.90. The number of hydrogen-bond acceptors (Lipinski definition) is 3. The number of nitriles is 1. The van der Waals surface area contributed by atoms with Crippen LogP contribution in [-0.4, -0.2) is 7.11 Å². The third-order valence-electron chi connectivity index (χ3n) is 2.80. The standard InChI is InChI=1S/C15H12BrFN2O/c1-20-15-5-2-10(6-13(15)17)9-19-14-7-12(16)4-3-11(14)8-18/h2-7,19H,9H2,1H3. The molecule has 5 heteroatoms. The van der Waals surface area contributed by atoms with Gasteiger partial charge in [0, 0.05) is 11.0 Å². The highest BCUT2D eigenvalue weighted by molar-refractivity contribution is 9.10. The second-order valence-electron chi connectivity index (χ2n) is 4.12. The van der Waals surface area contributed by atoms with Crippen LogP contribution in [0.25, 0.3) is 0 Å². The molecule has 0 aromatic heterocycles. The Morgan fingerprint density at radius 2 is 2.10 bits per heavy atom. The molecule has 0 aliphatic heterocycles. The molecule has 2 rings (SSSR count). The molecule has 2 aromatic rings. The fourth-order valence-corrected chi connectivity index (χ4v) is 2.14. The van der Waals surface area contributed by atoms with Crippen molar-refractivity contribution in [1.29, 1.82) is 5.26 Å². The molecule has 1 N–H and O–H groups in total. The first-order valence-corrected chi connectivity index (χ1v) is 6.69. The van der Waals surface area contributed by atoms with Crippen molar-refractivity contribution in [2.45, 2.75) is 6.54 Å². The number of methoxy groups -OCH3 is 1. The van der Waals surface area contributed by atoms with E-state index in [9.17, 15) is 4.39 Å². The number of hydrogen-bond donors (Lipinski definition) is 1. The highest BCUT2D eigenvalue weighted by Gasteiger charge is 2.05. The van der Waals surface area contributed by atoms with Gasteiger partial charge in [-0.15, -0.1) is 0 Å². The SMILES string of the molecule is COc1ccc(CNc2cc(Br)ccc2C#N)cc1F. The van der Waals surface area contributed by atoms with E-state index in [1.165, 1.54) is 13.2 Å². The van der Waals surface area contributed by atoms with E-state index in [0.717, 1.165) is 10.0 Å². The number of nitrogens with zero attached hydrogens (tertiary/aromatic N) is 1. The van der Waals surface area contributed by atoms with Crippen LogP contribution < -0.4 is 10.1 Å². The van der Waals surface area contributed by atoms with Crippen molar-refractivity contribution in [1.82, 2.24) is 0 Å². The molecule has 20 heavy (non-hydrogen) atoms. The van der Waals surface area contributed by atoms with E-state index in [-0.39, 0.29) is 5.75 Å². The summed E-state index contributed by atoms with van der Waals surface area (Å²) in [6.07, 6.45) is 0. The fraction of sp³-hybridized carbons (Fsp3) is 0.133. The molecule has 0 heterocycles. The van der Waals surface area contributed by atoms with Crippen molar-refractivity contribution in [3.05, 3.63) is 57.8 Å². The van der Waals surface area contributed by atoms with Gasteiger partial charge in [0.25, 0.3) is 0 Å². The Bertz CT molecular complexity index is 667. The number of rotatable bonds is 4. The van der Waals surface area contributed by atoms with Crippen molar-refractivity contribution in [3.8, 4) is 11.8 Å². The lowest BCUT2D eigenvalue weighted by molar-refractivity contribution is 0.386. The Kier molecular flexibility index (Phi) is 4.59. The van der Waals surface area contributed by atoms with Gasteiger partial charge in [-0.1, -0.05) is 22.0 Å². The minimum atomic E-state index is -0.401. The Morgan fingerprint density at radius 3 is 2.75 bits per heavy atom. The molecular formula is C15H12BrFN2O. The quantitative estimate of drug-likeness (QED) is 0.916. The average molecular weight is 335 g/mol. The van der Waals surface area contributed by atoms with Crippen LogP contribution in [0.5, 0.6) is 5.75 Å². The molecule has 0 unspecified atom stereocenters. The van der Waals surface area contributed by atoms with E-state index in [1.807, 2.05) is 6.07 Å². The van der Waals surface area contributed by atoms with Crippen molar-refractivity contribution >= 4 is 21.6 Å². The molecule has 0 spiro atoms. The largest absolute Gasteiger partial charge is 0.494 e. The summed E-state index contributed by atoms with van der Waals surface area (Å²) < 4.78 is 19.3. The fourth-order valence-electron chi connectivity index (χ4n) is 1.78. The lowest BCUT2D eigenvalue weighted by Gasteiger charge is -2.10. The highest BCUT2D eigenvalue weighted by atomic mass is 79.9. The molecule has 0 saturated carbocycles. The number of benzene rings is 2. The summed E-state index contributed by atoms with van der Waals surface area (Å²) in [6.45, 7) is 0.423. The van der Waals surface area contributed by atoms with Crippen molar-refractivity contribution in [2.75, 3.05) is 12.4 Å². The lowest BCUT2D eigenvalue weighted by Crippen LogP contribution is -2.02. The molecule has 0 amide bonds. The van der Waals surface area contributed by atoms with Crippen LogP contribution in [0, 0.1) is 17.1 Å². The number of nitrogens with one attached hydrogen (secondary N) is 1. The van der Waals surface area contributed by atoms with Gasteiger partial charge in [0.15, 0.2) is 11.6 Å². The van der Waals surface area contributed by atoms with E-state index in [2.05, 4.69) is 27.3 Å². The van der Waals surface area contributed by atoms with Gasteiger partial charge in [-0.2, -0.15) is 5.26 Å². The maximum Gasteiger partial charge on any atom is 0.165 e. The molecule has 102 valence electrons. The van der Waals surface area contributed by atoms with Crippen LogP contribution in [0.3, 0.4) is 0 Å². The van der Waals surface area contributed by atoms with Crippen LogP contribution >= 0.6 is 15.9 Å². The average Bonchev–Trinajstić information content (AvgIpc) is 2.45. The zero-order valence-corrected chi connectivity index (χ0v) is 12.4. The summed E-state index contributed by atoms with van der Waals surface area (Å²) in [4.78, 5) is 0. The van der Waals surface area contributed by atoms with Crippen molar-refractivity contribution in [3.63, 3.8) is 0 Å². The highest BCUT2D eigenvalue weighted by Crippen LogP contribution is 2.22. The van der Waals surface area contributed by atoms with E-state index in [0.29, 0.717) is 17.8 Å². The van der Waals surface area contributed by atoms with Gasteiger partial charge in [-0.25, -0.2) is 4.39 Å². The molecule has 2 aromatic carbocycles. The number of anilines is 1. The minimum absolute atomic E-state index is 0.217. The zero-order chi connectivity index (χ0) is 14.5. The second kappa shape index (κ2) is 6.40. The molecule has 3 nitrogen and oxygen atoms in total. The first kappa shape index (κ1) is 14.4. The third kappa shape index (κ3) is 3.28. The van der Waals surface area contributed by atoms with Gasteiger partial charge in [-0.05, 0) is 35.9 Å². The third-order valence-corrected chi connectivity index (χ3v) is 3.29. The monoisotopic (exact) mass is 334 g/mol. The maximum atomic E-state index is 13.6. The van der Waals surface area contributed by atoms with E-state index in [4.69, 9.17) is 10.00 Å². The lowest BCUT2D eigenvalue weighted by atomic mass is 10.1. The second-order valence-corrected chi connectivity index (χ2v) is 5.04. The Hall–Kier alpha value is -2.06. The van der Waals surface area contributed by atoms with Crippen LogP contribution in [0.1, 0.15) is 11.1 Å². The first-order valence-electron chi connectivity index (χ1n) is 5.90. The topological polar surface area (TPSA) is 45.0 Å². The predicted octanol–water partition coefficient (Wildman–Crippen LogP) is 4.08. The number of ether oxygens (including phenoxy) is 1. The van der Waals surface area contributed by atoms with Crippen LogP contribution in [-0.2, 0) is 6.54 Å².